The summed E-state index contributed by atoms with van der Waals surface area (Å²) in [5.41, 5.74) is 1.36. The molecule has 1 heterocycles. The molecule has 142 valence electrons. The van der Waals surface area contributed by atoms with E-state index in [1.54, 1.807) is 0 Å². The van der Waals surface area contributed by atoms with Crippen LogP contribution < -0.4 is 5.32 Å². The maximum atomic E-state index is 12.7. The molecule has 1 aromatic carbocycles. The molecular weight excluding hydrogens is 328 g/mol. The zero-order valence-electron chi connectivity index (χ0n) is 15.4. The van der Waals surface area contributed by atoms with Gasteiger partial charge in [-0.15, -0.1) is 0 Å². The minimum absolute atomic E-state index is 0.0472. The lowest BCUT2D eigenvalue weighted by Crippen LogP contribution is -2.48. The van der Waals surface area contributed by atoms with Crippen LogP contribution in [0.15, 0.2) is 30.3 Å². The Balaban J connectivity index is 1.42. The summed E-state index contributed by atoms with van der Waals surface area (Å²) >= 11 is 0. The number of nitrogens with one attached hydrogen (secondary N) is 1. The predicted molar refractivity (Wildman–Crippen MR) is 101 cm³/mol. The molecule has 0 bridgehead atoms. The summed E-state index contributed by atoms with van der Waals surface area (Å²) in [4.78, 5) is 25.7. The highest BCUT2D eigenvalue weighted by atomic mass is 16.4. The van der Waals surface area contributed by atoms with Gasteiger partial charge in [-0.05, 0) is 63.4 Å². The van der Waals surface area contributed by atoms with E-state index >= 15 is 0 Å². The van der Waals surface area contributed by atoms with Crippen LogP contribution in [0.2, 0.25) is 0 Å². The lowest BCUT2D eigenvalue weighted by atomic mass is 9.86. The third-order valence-corrected chi connectivity index (χ3v) is 5.89. The van der Waals surface area contributed by atoms with E-state index in [9.17, 15) is 9.59 Å². The molecule has 1 atom stereocenters. The third-order valence-electron chi connectivity index (χ3n) is 5.89. The number of rotatable bonds is 6. The number of aliphatic carboxylic acids is 1. The Bertz CT molecular complexity index is 597. The average molecular weight is 358 g/mol. The quantitative estimate of drug-likeness (QED) is 0.812. The molecule has 1 aromatic rings. The number of carboxylic acid groups (broad SMARTS) is 1. The van der Waals surface area contributed by atoms with Crippen LogP contribution in [-0.2, 0) is 11.2 Å². The van der Waals surface area contributed by atoms with E-state index in [0.29, 0.717) is 18.9 Å². The first-order valence-electron chi connectivity index (χ1n) is 9.97. The predicted octanol–water partition coefficient (Wildman–Crippen LogP) is 3.83. The molecule has 0 spiro atoms. The maximum absolute atomic E-state index is 12.7. The molecule has 2 amide bonds. The summed E-state index contributed by atoms with van der Waals surface area (Å²) in [5, 5.41) is 12.2. The van der Waals surface area contributed by atoms with Crippen LogP contribution in [-0.4, -0.2) is 40.6 Å². The molecule has 2 fully saturated rings. The molecule has 5 nitrogen and oxygen atoms in total. The standard InChI is InChI=1S/C21H30N2O3/c24-20(25)17-11-13-18(14-12-17)22-21(26)23-15-5-10-19(23)9-4-8-16-6-2-1-3-7-16/h1-3,6-7,17-19H,4-5,8-15H2,(H,22,26)(H,24,25). The van der Waals surface area contributed by atoms with Crippen molar-refractivity contribution in [2.75, 3.05) is 6.54 Å². The van der Waals surface area contributed by atoms with Gasteiger partial charge in [0.15, 0.2) is 0 Å². The number of amides is 2. The van der Waals surface area contributed by atoms with Gasteiger partial charge in [0.05, 0.1) is 5.92 Å². The number of hydrogen-bond acceptors (Lipinski definition) is 2. The topological polar surface area (TPSA) is 69.6 Å². The summed E-state index contributed by atoms with van der Waals surface area (Å²) in [6, 6.07) is 11.0. The van der Waals surface area contributed by atoms with Gasteiger partial charge in [-0.2, -0.15) is 0 Å². The van der Waals surface area contributed by atoms with Gasteiger partial charge in [0.2, 0.25) is 0 Å². The zero-order valence-corrected chi connectivity index (χ0v) is 15.4. The monoisotopic (exact) mass is 358 g/mol. The number of urea groups is 1. The van der Waals surface area contributed by atoms with Crippen molar-refractivity contribution in [3.63, 3.8) is 0 Å². The van der Waals surface area contributed by atoms with Crippen molar-refractivity contribution in [1.29, 1.82) is 0 Å². The fourth-order valence-electron chi connectivity index (χ4n) is 4.33. The number of likely N-dealkylation sites (tertiary alicyclic amines) is 1. The Morgan fingerprint density at radius 1 is 1.08 bits per heavy atom. The van der Waals surface area contributed by atoms with Gasteiger partial charge >= 0.3 is 12.0 Å². The van der Waals surface area contributed by atoms with E-state index in [1.165, 1.54) is 5.56 Å². The van der Waals surface area contributed by atoms with E-state index in [0.717, 1.165) is 51.5 Å². The molecule has 3 rings (SSSR count). The van der Waals surface area contributed by atoms with Gasteiger partial charge in [-0.3, -0.25) is 4.79 Å². The summed E-state index contributed by atoms with van der Waals surface area (Å²) in [6.45, 7) is 0.840. The van der Waals surface area contributed by atoms with Crippen LogP contribution in [0.1, 0.15) is 56.9 Å². The number of carbonyl (C=O) groups excluding carboxylic acids is 1. The molecule has 1 saturated heterocycles. The van der Waals surface area contributed by atoms with Gasteiger partial charge in [0.1, 0.15) is 0 Å². The molecule has 5 heteroatoms. The molecular formula is C21H30N2O3. The van der Waals surface area contributed by atoms with Crippen LogP contribution >= 0.6 is 0 Å². The van der Waals surface area contributed by atoms with Crippen LogP contribution in [0.3, 0.4) is 0 Å². The highest BCUT2D eigenvalue weighted by molar-refractivity contribution is 5.75. The van der Waals surface area contributed by atoms with E-state index in [2.05, 4.69) is 29.6 Å². The Labute approximate surface area is 155 Å². The summed E-state index contributed by atoms with van der Waals surface area (Å²) in [6.07, 6.45) is 8.26. The molecule has 0 aromatic heterocycles. The van der Waals surface area contributed by atoms with Crippen molar-refractivity contribution in [3.8, 4) is 0 Å². The average Bonchev–Trinajstić information content (AvgIpc) is 3.12. The Morgan fingerprint density at radius 2 is 1.81 bits per heavy atom. The van der Waals surface area contributed by atoms with Crippen molar-refractivity contribution >= 4 is 12.0 Å². The summed E-state index contributed by atoms with van der Waals surface area (Å²) in [5.74, 6) is -0.937. The van der Waals surface area contributed by atoms with Crippen molar-refractivity contribution < 1.29 is 14.7 Å². The van der Waals surface area contributed by atoms with Crippen LogP contribution in [0.25, 0.3) is 0 Å². The van der Waals surface area contributed by atoms with Gasteiger partial charge < -0.3 is 15.3 Å². The first kappa shape index (κ1) is 18.7. The van der Waals surface area contributed by atoms with Gasteiger partial charge in [0.25, 0.3) is 0 Å². The number of benzene rings is 1. The number of nitrogens with zero attached hydrogens (tertiary/aromatic N) is 1. The molecule has 2 aliphatic rings. The minimum atomic E-state index is -0.701. The van der Waals surface area contributed by atoms with Gasteiger partial charge in [-0.25, -0.2) is 4.79 Å². The van der Waals surface area contributed by atoms with Crippen molar-refractivity contribution in [2.45, 2.75) is 69.9 Å². The molecule has 0 radical (unpaired) electrons. The molecule has 2 N–H and O–H groups in total. The number of aryl methyl sites for hydroxylation is 1. The van der Waals surface area contributed by atoms with Gasteiger partial charge in [-0.1, -0.05) is 30.3 Å². The maximum Gasteiger partial charge on any atom is 0.317 e. The largest absolute Gasteiger partial charge is 0.481 e. The van der Waals surface area contributed by atoms with Crippen LogP contribution in [0.4, 0.5) is 4.79 Å². The molecule has 1 saturated carbocycles. The second-order valence-corrected chi connectivity index (χ2v) is 7.70. The summed E-state index contributed by atoms with van der Waals surface area (Å²) in [7, 11) is 0. The van der Waals surface area contributed by atoms with E-state index in [1.807, 2.05) is 11.0 Å². The smallest absolute Gasteiger partial charge is 0.317 e. The van der Waals surface area contributed by atoms with E-state index in [-0.39, 0.29) is 18.0 Å². The highest BCUT2D eigenvalue weighted by Crippen LogP contribution is 2.26. The fourth-order valence-corrected chi connectivity index (χ4v) is 4.33. The molecule has 26 heavy (non-hydrogen) atoms. The Hall–Kier alpha value is -2.04. The fraction of sp³-hybridized carbons (Fsp3) is 0.619. The second kappa shape index (κ2) is 9.06. The van der Waals surface area contributed by atoms with Crippen molar-refractivity contribution in [3.05, 3.63) is 35.9 Å². The lowest BCUT2D eigenvalue weighted by Gasteiger charge is -2.31. The molecule has 1 aliphatic heterocycles. The van der Waals surface area contributed by atoms with Crippen molar-refractivity contribution in [2.24, 2.45) is 5.92 Å². The zero-order chi connectivity index (χ0) is 18.4. The normalized spacial score (nSPS) is 25.8. The number of carbonyl (C=O) groups is 2. The highest BCUT2D eigenvalue weighted by Gasteiger charge is 2.31. The number of carboxylic acids is 1. The van der Waals surface area contributed by atoms with Crippen LogP contribution in [0.5, 0.6) is 0 Å². The molecule has 1 unspecified atom stereocenters. The van der Waals surface area contributed by atoms with E-state index < -0.39 is 5.97 Å². The lowest BCUT2D eigenvalue weighted by molar-refractivity contribution is -0.142. The second-order valence-electron chi connectivity index (χ2n) is 7.70. The number of hydrogen-bond donors (Lipinski definition) is 2. The summed E-state index contributed by atoms with van der Waals surface area (Å²) < 4.78 is 0. The van der Waals surface area contributed by atoms with Crippen LogP contribution in [0, 0.1) is 5.92 Å². The van der Waals surface area contributed by atoms with Gasteiger partial charge in [0, 0.05) is 18.6 Å². The Morgan fingerprint density at radius 3 is 2.50 bits per heavy atom. The van der Waals surface area contributed by atoms with Crippen molar-refractivity contribution in [1.82, 2.24) is 10.2 Å². The first-order chi connectivity index (χ1) is 12.6. The molecule has 1 aliphatic carbocycles. The minimum Gasteiger partial charge on any atom is -0.481 e. The third kappa shape index (κ3) is 4.99. The first-order valence-corrected chi connectivity index (χ1v) is 9.97. The van der Waals surface area contributed by atoms with E-state index in [4.69, 9.17) is 5.11 Å². The SMILES string of the molecule is O=C(O)C1CCC(NC(=O)N2CCCC2CCCc2ccccc2)CC1. The Kier molecular flexibility index (Phi) is 6.53.